The van der Waals surface area contributed by atoms with Crippen molar-refractivity contribution >= 4 is 10.0 Å². The second-order valence-corrected chi connectivity index (χ2v) is 8.80. The van der Waals surface area contributed by atoms with Crippen LogP contribution < -0.4 is 4.72 Å². The Morgan fingerprint density at radius 3 is 2.42 bits per heavy atom. The number of nitrogens with one attached hydrogen (secondary N) is 1. The molecule has 0 amide bonds. The van der Waals surface area contributed by atoms with Gasteiger partial charge in [0.1, 0.15) is 0 Å². The second kappa shape index (κ2) is 8.43. The van der Waals surface area contributed by atoms with Gasteiger partial charge in [0.25, 0.3) is 0 Å². The van der Waals surface area contributed by atoms with E-state index in [1.54, 1.807) is 12.1 Å². The van der Waals surface area contributed by atoms with Crippen LogP contribution in [0.1, 0.15) is 31.4 Å². The van der Waals surface area contributed by atoms with Gasteiger partial charge in [-0.05, 0) is 49.4 Å². The molecule has 1 saturated heterocycles. The van der Waals surface area contributed by atoms with Gasteiger partial charge in [-0.25, -0.2) is 13.1 Å². The molecular formula is C18H30N2O3S. The molecule has 6 heteroatoms. The lowest BCUT2D eigenvalue weighted by Crippen LogP contribution is -2.49. The first-order chi connectivity index (χ1) is 11.3. The molecule has 1 aromatic rings. The molecule has 1 aliphatic rings. The number of rotatable bonds is 7. The summed E-state index contributed by atoms with van der Waals surface area (Å²) in [4.78, 5) is 2.68. The van der Waals surface area contributed by atoms with E-state index in [4.69, 9.17) is 4.74 Å². The minimum atomic E-state index is -3.48. The van der Waals surface area contributed by atoms with E-state index in [9.17, 15) is 8.42 Å². The number of aryl methyl sites for hydroxylation is 2. The molecule has 1 atom stereocenters. The molecule has 0 unspecified atom stereocenters. The Balaban J connectivity index is 2.07. The van der Waals surface area contributed by atoms with Crippen molar-refractivity contribution in [3.63, 3.8) is 0 Å². The Labute approximate surface area is 146 Å². The molecule has 0 saturated carbocycles. The Morgan fingerprint density at radius 1 is 1.17 bits per heavy atom. The third kappa shape index (κ3) is 5.28. The minimum absolute atomic E-state index is 0.204. The van der Waals surface area contributed by atoms with Crippen molar-refractivity contribution in [2.75, 3.05) is 32.8 Å². The molecule has 0 aromatic heterocycles. The Kier molecular flexibility index (Phi) is 6.80. The van der Waals surface area contributed by atoms with Crippen LogP contribution in [0.5, 0.6) is 0 Å². The summed E-state index contributed by atoms with van der Waals surface area (Å²) in [6.07, 6.45) is 0.968. The predicted molar refractivity (Wildman–Crippen MR) is 96.7 cm³/mol. The van der Waals surface area contributed by atoms with Gasteiger partial charge in [0.2, 0.25) is 10.0 Å². The zero-order valence-electron chi connectivity index (χ0n) is 15.2. The summed E-state index contributed by atoms with van der Waals surface area (Å²) in [5, 5.41) is 0. The van der Waals surface area contributed by atoms with Gasteiger partial charge in [-0.1, -0.05) is 19.9 Å². The fraction of sp³-hybridized carbons (Fsp3) is 0.667. The average molecular weight is 355 g/mol. The van der Waals surface area contributed by atoms with Crippen molar-refractivity contribution < 1.29 is 13.2 Å². The fourth-order valence-corrected chi connectivity index (χ4v) is 4.18. The van der Waals surface area contributed by atoms with Crippen molar-refractivity contribution in [3.05, 3.63) is 29.3 Å². The van der Waals surface area contributed by atoms with Crippen LogP contribution in [0.2, 0.25) is 0 Å². The normalized spacial score (nSPS) is 18.0. The van der Waals surface area contributed by atoms with E-state index in [1.165, 1.54) is 0 Å². The van der Waals surface area contributed by atoms with Crippen molar-refractivity contribution in [1.82, 2.24) is 9.62 Å². The largest absolute Gasteiger partial charge is 0.379 e. The molecule has 0 radical (unpaired) electrons. The van der Waals surface area contributed by atoms with Crippen LogP contribution in [0, 0.1) is 19.8 Å². The van der Waals surface area contributed by atoms with Crippen molar-refractivity contribution in [2.45, 2.75) is 45.1 Å². The highest BCUT2D eigenvalue weighted by atomic mass is 32.2. The molecule has 2 rings (SSSR count). The summed E-state index contributed by atoms with van der Waals surface area (Å²) in [6, 6.07) is 5.48. The van der Waals surface area contributed by atoms with Crippen LogP contribution in [0.15, 0.2) is 23.1 Å². The molecule has 0 bridgehead atoms. The van der Waals surface area contributed by atoms with Gasteiger partial charge in [0.05, 0.1) is 18.1 Å². The van der Waals surface area contributed by atoms with E-state index < -0.39 is 10.0 Å². The third-order valence-corrected chi connectivity index (χ3v) is 6.02. The number of benzene rings is 1. The molecule has 1 heterocycles. The molecule has 24 heavy (non-hydrogen) atoms. The Bertz CT molecular complexity index is 638. The van der Waals surface area contributed by atoms with Gasteiger partial charge in [0.15, 0.2) is 0 Å². The number of hydrogen-bond acceptors (Lipinski definition) is 4. The summed E-state index contributed by atoms with van der Waals surface area (Å²) < 4.78 is 33.5. The van der Waals surface area contributed by atoms with Crippen LogP contribution in [0.4, 0.5) is 0 Å². The zero-order chi connectivity index (χ0) is 17.7. The summed E-state index contributed by atoms with van der Waals surface area (Å²) in [5.41, 5.74) is 2.09. The monoisotopic (exact) mass is 354 g/mol. The van der Waals surface area contributed by atoms with E-state index in [2.05, 4.69) is 23.5 Å². The molecule has 136 valence electrons. The SMILES string of the molecule is Cc1ccc(S(=O)(=O)NC[C@@H](CC(C)C)N2CCOCC2)cc1C. The first-order valence-corrected chi connectivity index (χ1v) is 10.2. The van der Waals surface area contributed by atoms with Crippen molar-refractivity contribution in [2.24, 2.45) is 5.92 Å². The standard InChI is InChI=1S/C18H30N2O3S/c1-14(2)11-17(20-7-9-23-10-8-20)13-19-24(21,22)18-6-5-15(3)16(4)12-18/h5-6,12,14,17,19H,7-11,13H2,1-4H3/t17-/m1/s1. The lowest BCUT2D eigenvalue weighted by Gasteiger charge is -2.35. The first-order valence-electron chi connectivity index (χ1n) is 8.68. The van der Waals surface area contributed by atoms with E-state index >= 15 is 0 Å². The maximum Gasteiger partial charge on any atom is 0.240 e. The topological polar surface area (TPSA) is 58.6 Å². The van der Waals surface area contributed by atoms with Crippen LogP contribution >= 0.6 is 0 Å². The van der Waals surface area contributed by atoms with Gasteiger partial charge >= 0.3 is 0 Å². The van der Waals surface area contributed by atoms with Crippen molar-refractivity contribution in [3.8, 4) is 0 Å². The maximum atomic E-state index is 12.6. The lowest BCUT2D eigenvalue weighted by molar-refractivity contribution is 0.0134. The van der Waals surface area contributed by atoms with E-state index in [0.29, 0.717) is 17.4 Å². The van der Waals surface area contributed by atoms with Gasteiger partial charge < -0.3 is 4.74 Å². The van der Waals surface area contributed by atoms with Crippen molar-refractivity contribution in [1.29, 1.82) is 0 Å². The highest BCUT2D eigenvalue weighted by molar-refractivity contribution is 7.89. The molecule has 0 spiro atoms. The fourth-order valence-electron chi connectivity index (χ4n) is 3.02. The summed E-state index contributed by atoms with van der Waals surface area (Å²) in [7, 11) is -3.48. The van der Waals surface area contributed by atoms with E-state index in [1.807, 2.05) is 19.9 Å². The van der Waals surface area contributed by atoms with Crippen LogP contribution in [-0.2, 0) is 14.8 Å². The molecule has 1 aromatic carbocycles. The van der Waals surface area contributed by atoms with Gasteiger partial charge in [-0.3, -0.25) is 4.90 Å². The van der Waals surface area contributed by atoms with Gasteiger partial charge in [-0.2, -0.15) is 0 Å². The molecule has 1 fully saturated rings. The molecule has 0 aliphatic carbocycles. The average Bonchev–Trinajstić information content (AvgIpc) is 2.54. The van der Waals surface area contributed by atoms with Gasteiger partial charge in [-0.15, -0.1) is 0 Å². The van der Waals surface area contributed by atoms with E-state index in [0.717, 1.165) is 43.9 Å². The zero-order valence-corrected chi connectivity index (χ0v) is 16.0. The second-order valence-electron chi connectivity index (χ2n) is 7.03. The Hall–Kier alpha value is -0.950. The summed E-state index contributed by atoms with van der Waals surface area (Å²) >= 11 is 0. The summed E-state index contributed by atoms with van der Waals surface area (Å²) in [5.74, 6) is 0.518. The molecule has 1 aliphatic heterocycles. The first kappa shape index (κ1) is 19.4. The summed E-state index contributed by atoms with van der Waals surface area (Å²) in [6.45, 7) is 11.9. The molecular weight excluding hydrogens is 324 g/mol. The smallest absolute Gasteiger partial charge is 0.240 e. The predicted octanol–water partition coefficient (Wildman–Crippen LogP) is 2.33. The quantitative estimate of drug-likeness (QED) is 0.816. The van der Waals surface area contributed by atoms with E-state index in [-0.39, 0.29) is 6.04 Å². The Morgan fingerprint density at radius 2 is 1.83 bits per heavy atom. The van der Waals surface area contributed by atoms with Gasteiger partial charge in [0, 0.05) is 25.7 Å². The number of hydrogen-bond donors (Lipinski definition) is 1. The van der Waals surface area contributed by atoms with Crippen LogP contribution in [-0.4, -0.2) is 52.2 Å². The highest BCUT2D eigenvalue weighted by Gasteiger charge is 2.24. The van der Waals surface area contributed by atoms with Crippen LogP contribution in [0.25, 0.3) is 0 Å². The molecule has 5 nitrogen and oxygen atoms in total. The number of ether oxygens (including phenoxy) is 1. The number of sulfonamides is 1. The minimum Gasteiger partial charge on any atom is -0.379 e. The lowest BCUT2D eigenvalue weighted by atomic mass is 10.0. The maximum absolute atomic E-state index is 12.6. The van der Waals surface area contributed by atoms with Crippen LogP contribution in [0.3, 0.4) is 0 Å². The molecule has 1 N–H and O–H groups in total. The third-order valence-electron chi connectivity index (χ3n) is 4.60. The number of nitrogens with zero attached hydrogens (tertiary/aromatic N) is 1. The number of morpholine rings is 1. The highest BCUT2D eigenvalue weighted by Crippen LogP contribution is 2.17.